The minimum Gasteiger partial charge on any atom is -0.456 e. The average Bonchev–Trinajstić information content (AvgIpc) is 3.89. The molecule has 7 aromatic carbocycles. The summed E-state index contributed by atoms with van der Waals surface area (Å²) < 4.78 is 13.9. The van der Waals surface area contributed by atoms with E-state index in [1.165, 1.54) is 66.4 Å². The SMILES string of the molecule is CC(C)(C)c1cc(C(C)(C)C)c2oc3c4c(ccc3c2c1)C(C)(C)c1cccc(N(c2ccc3c(c2)C(C)(C)c2ccccc2-3)c2ccc3c(c2)oc2ccccc23)c1-4. The molecule has 59 heavy (non-hydrogen) atoms. The van der Waals surface area contributed by atoms with Crippen LogP contribution in [0.25, 0.3) is 66.1 Å². The van der Waals surface area contributed by atoms with Crippen LogP contribution in [0.1, 0.15) is 103 Å². The summed E-state index contributed by atoms with van der Waals surface area (Å²) in [5.74, 6) is 0. The Morgan fingerprint density at radius 1 is 0.441 bits per heavy atom. The minimum atomic E-state index is -0.257. The van der Waals surface area contributed by atoms with E-state index < -0.39 is 0 Å². The van der Waals surface area contributed by atoms with E-state index in [1.807, 2.05) is 6.07 Å². The molecule has 0 N–H and O–H groups in total. The lowest BCUT2D eigenvalue weighted by Gasteiger charge is -2.30. The van der Waals surface area contributed by atoms with E-state index >= 15 is 0 Å². The van der Waals surface area contributed by atoms with Gasteiger partial charge in [-0.15, -0.1) is 0 Å². The third-order valence-corrected chi connectivity index (χ3v) is 13.7. The molecule has 0 spiro atoms. The highest BCUT2D eigenvalue weighted by molar-refractivity contribution is 6.15. The molecule has 2 aliphatic carbocycles. The summed E-state index contributed by atoms with van der Waals surface area (Å²) >= 11 is 0. The monoisotopic (exact) mass is 769 g/mol. The summed E-state index contributed by atoms with van der Waals surface area (Å²) in [6.07, 6.45) is 0. The molecule has 3 heteroatoms. The number of hydrogen-bond donors (Lipinski definition) is 0. The van der Waals surface area contributed by atoms with Gasteiger partial charge >= 0.3 is 0 Å². The van der Waals surface area contributed by atoms with E-state index in [0.717, 1.165) is 50.2 Å². The van der Waals surface area contributed by atoms with Gasteiger partial charge in [-0.3, -0.25) is 0 Å². The highest BCUT2D eigenvalue weighted by Crippen LogP contribution is 2.58. The Morgan fingerprint density at radius 3 is 1.88 bits per heavy atom. The van der Waals surface area contributed by atoms with Crippen molar-refractivity contribution in [2.24, 2.45) is 0 Å². The third kappa shape index (κ3) is 5.00. The summed E-state index contributed by atoms with van der Waals surface area (Å²) in [6.45, 7) is 23.3. The van der Waals surface area contributed by atoms with Gasteiger partial charge in [0, 0.05) is 66.5 Å². The summed E-state index contributed by atoms with van der Waals surface area (Å²) in [6, 6.07) is 47.4. The van der Waals surface area contributed by atoms with Gasteiger partial charge in [0.2, 0.25) is 0 Å². The zero-order valence-electron chi connectivity index (χ0n) is 35.9. The molecule has 0 saturated heterocycles. The first-order valence-corrected chi connectivity index (χ1v) is 21.2. The highest BCUT2D eigenvalue weighted by atomic mass is 16.3. The first-order valence-electron chi connectivity index (χ1n) is 21.2. The van der Waals surface area contributed by atoms with Gasteiger partial charge in [0.1, 0.15) is 22.3 Å². The number of furan rings is 2. The molecular formula is C56H51NO2. The highest BCUT2D eigenvalue weighted by Gasteiger charge is 2.41. The van der Waals surface area contributed by atoms with Gasteiger partial charge in [-0.25, -0.2) is 0 Å². The van der Waals surface area contributed by atoms with Gasteiger partial charge in [0.15, 0.2) is 0 Å². The molecule has 292 valence electrons. The van der Waals surface area contributed by atoms with Gasteiger partial charge in [-0.1, -0.05) is 148 Å². The van der Waals surface area contributed by atoms with Crippen LogP contribution in [0.2, 0.25) is 0 Å². The molecule has 11 rings (SSSR count). The lowest BCUT2D eigenvalue weighted by molar-refractivity contribution is 0.559. The van der Waals surface area contributed by atoms with Crippen LogP contribution in [-0.2, 0) is 21.7 Å². The van der Waals surface area contributed by atoms with Crippen molar-refractivity contribution in [2.45, 2.75) is 90.9 Å². The zero-order chi connectivity index (χ0) is 41.0. The second-order valence-corrected chi connectivity index (χ2v) is 20.2. The Kier molecular flexibility index (Phi) is 7.20. The van der Waals surface area contributed by atoms with Crippen molar-refractivity contribution >= 4 is 60.9 Å². The first-order chi connectivity index (χ1) is 28.0. The minimum absolute atomic E-state index is 0.0104. The van der Waals surface area contributed by atoms with Gasteiger partial charge in [-0.2, -0.15) is 0 Å². The molecule has 0 radical (unpaired) electrons. The number of fused-ring (bicyclic) bond motifs is 13. The molecular weight excluding hydrogens is 719 g/mol. The molecule has 0 bridgehead atoms. The average molecular weight is 770 g/mol. The van der Waals surface area contributed by atoms with E-state index in [4.69, 9.17) is 8.83 Å². The maximum absolute atomic E-state index is 7.30. The third-order valence-electron chi connectivity index (χ3n) is 13.7. The molecule has 0 fully saturated rings. The van der Waals surface area contributed by atoms with Crippen LogP contribution < -0.4 is 4.90 Å². The van der Waals surface area contributed by atoms with Crippen molar-refractivity contribution in [3.05, 3.63) is 161 Å². The van der Waals surface area contributed by atoms with E-state index in [-0.39, 0.29) is 21.7 Å². The van der Waals surface area contributed by atoms with Crippen molar-refractivity contribution in [2.75, 3.05) is 4.90 Å². The van der Waals surface area contributed by atoms with Crippen molar-refractivity contribution in [3.63, 3.8) is 0 Å². The number of rotatable bonds is 3. The topological polar surface area (TPSA) is 29.5 Å². The molecule has 9 aromatic rings. The van der Waals surface area contributed by atoms with Crippen molar-refractivity contribution in [3.8, 4) is 22.3 Å². The van der Waals surface area contributed by atoms with Crippen molar-refractivity contribution < 1.29 is 8.83 Å². The predicted molar refractivity (Wildman–Crippen MR) is 248 cm³/mol. The van der Waals surface area contributed by atoms with Crippen LogP contribution >= 0.6 is 0 Å². The van der Waals surface area contributed by atoms with E-state index in [1.54, 1.807) is 0 Å². The van der Waals surface area contributed by atoms with Gasteiger partial charge in [-0.05, 0) is 92.2 Å². The Bertz CT molecular complexity index is 3240. The van der Waals surface area contributed by atoms with E-state index in [2.05, 4.69) is 195 Å². The molecule has 0 aliphatic heterocycles. The van der Waals surface area contributed by atoms with E-state index in [0.29, 0.717) is 0 Å². The molecule has 2 heterocycles. The van der Waals surface area contributed by atoms with Crippen LogP contribution in [0, 0.1) is 0 Å². The fraction of sp³-hybridized carbons (Fsp3) is 0.250. The summed E-state index contributed by atoms with van der Waals surface area (Å²) in [5.41, 5.74) is 19.4. The Balaban J connectivity index is 1.21. The second-order valence-electron chi connectivity index (χ2n) is 20.2. The normalized spacial score (nSPS) is 15.2. The molecule has 0 amide bonds. The number of nitrogens with zero attached hydrogens (tertiary/aromatic N) is 1. The van der Waals surface area contributed by atoms with Crippen molar-refractivity contribution in [1.29, 1.82) is 0 Å². The first kappa shape index (κ1) is 36.1. The smallest absolute Gasteiger partial charge is 0.143 e. The fourth-order valence-corrected chi connectivity index (χ4v) is 10.5. The summed E-state index contributed by atoms with van der Waals surface area (Å²) in [5, 5.41) is 4.61. The van der Waals surface area contributed by atoms with Crippen LogP contribution in [0.15, 0.2) is 136 Å². The Hall–Kier alpha value is -6.06. The summed E-state index contributed by atoms with van der Waals surface area (Å²) in [7, 11) is 0. The van der Waals surface area contributed by atoms with Gasteiger partial charge in [0.05, 0.1) is 5.69 Å². The van der Waals surface area contributed by atoms with Gasteiger partial charge < -0.3 is 13.7 Å². The lowest BCUT2D eigenvalue weighted by atomic mass is 9.79. The maximum atomic E-state index is 7.30. The zero-order valence-corrected chi connectivity index (χ0v) is 35.9. The molecule has 0 saturated carbocycles. The fourth-order valence-electron chi connectivity index (χ4n) is 10.5. The lowest BCUT2D eigenvalue weighted by Crippen LogP contribution is -2.17. The number of hydrogen-bond acceptors (Lipinski definition) is 3. The number of benzene rings is 7. The second kappa shape index (κ2) is 11.8. The van der Waals surface area contributed by atoms with Crippen LogP contribution in [0.4, 0.5) is 17.1 Å². The summed E-state index contributed by atoms with van der Waals surface area (Å²) in [4.78, 5) is 2.47. The van der Waals surface area contributed by atoms with Crippen LogP contribution in [0.5, 0.6) is 0 Å². The molecule has 0 atom stereocenters. The molecule has 2 aliphatic rings. The number of anilines is 3. The van der Waals surface area contributed by atoms with E-state index in [9.17, 15) is 0 Å². The Morgan fingerprint density at radius 2 is 1.08 bits per heavy atom. The number of para-hydroxylation sites is 1. The predicted octanol–water partition coefficient (Wildman–Crippen LogP) is 16.2. The van der Waals surface area contributed by atoms with Crippen molar-refractivity contribution in [1.82, 2.24) is 0 Å². The van der Waals surface area contributed by atoms with Gasteiger partial charge in [0.25, 0.3) is 0 Å². The molecule has 0 unspecified atom stereocenters. The largest absolute Gasteiger partial charge is 0.456 e. The molecule has 3 nitrogen and oxygen atoms in total. The maximum Gasteiger partial charge on any atom is 0.143 e. The Labute approximate surface area is 347 Å². The van der Waals surface area contributed by atoms with Crippen LogP contribution in [0.3, 0.4) is 0 Å². The molecule has 2 aromatic heterocycles. The standard InChI is InChI=1S/C56H51NO2/c1-53(2,3)32-28-40-39-26-27-43-50(52(39)59-51(40)45(29-32)54(4,5)6)49-42(56(43,9)10)19-15-20-46(49)57(34-23-25-38-37-17-12-14-21-47(37)58-48(38)31-34)33-22-24-36-35-16-11-13-18-41(35)55(7,8)44(36)30-33/h11-31H,1-10H3. The quantitative estimate of drug-likeness (QED) is 0.179. The van der Waals surface area contributed by atoms with Crippen LogP contribution in [-0.4, -0.2) is 0 Å².